The first-order valence-electron chi connectivity index (χ1n) is 8.56. The highest BCUT2D eigenvalue weighted by Gasteiger charge is 2.24. The Morgan fingerprint density at radius 2 is 2.00 bits per heavy atom. The zero-order valence-corrected chi connectivity index (χ0v) is 15.3. The number of ether oxygens (including phenoxy) is 1. The number of carbonyl (C=O) groups is 2. The van der Waals surface area contributed by atoms with E-state index in [0.717, 1.165) is 12.8 Å². The average Bonchev–Trinajstić information content (AvgIpc) is 2.65. The molecule has 6 nitrogen and oxygen atoms in total. The molecule has 1 fully saturated rings. The molecule has 0 saturated carbocycles. The second-order valence-corrected chi connectivity index (χ2v) is 6.88. The van der Waals surface area contributed by atoms with Gasteiger partial charge in [0.25, 0.3) is 11.8 Å². The van der Waals surface area contributed by atoms with Crippen LogP contribution in [0.1, 0.15) is 33.7 Å². The maximum Gasteiger partial charge on any atom is 0.267 e. The van der Waals surface area contributed by atoms with Gasteiger partial charge in [0.05, 0.1) is 6.61 Å². The van der Waals surface area contributed by atoms with E-state index in [1.54, 1.807) is 11.0 Å². The molecule has 142 valence electrons. The number of amides is 2. The second kappa shape index (κ2) is 8.35. The number of benzene rings is 1. The van der Waals surface area contributed by atoms with E-state index in [1.165, 1.54) is 30.5 Å². The van der Waals surface area contributed by atoms with Crippen molar-refractivity contribution in [2.24, 2.45) is 11.7 Å². The van der Waals surface area contributed by atoms with Gasteiger partial charge in [-0.15, -0.1) is 0 Å². The van der Waals surface area contributed by atoms with Gasteiger partial charge < -0.3 is 15.4 Å². The molecule has 0 atom stereocenters. The Morgan fingerprint density at radius 3 is 2.67 bits per heavy atom. The standard InChI is InChI=1S/C19H19ClFN3O3/c20-14-7-13(8-15(21)9-14)19(26)24-5-2-12(3-6-24)11-27-16-1-4-23-17(10-16)18(22)25/h1,4,7-10,12H,2-3,5-6,11H2,(H2,22,25). The van der Waals surface area contributed by atoms with Crippen molar-refractivity contribution in [1.29, 1.82) is 0 Å². The Hall–Kier alpha value is -2.67. The van der Waals surface area contributed by atoms with Crippen LogP contribution in [-0.2, 0) is 0 Å². The third kappa shape index (κ3) is 4.95. The number of halogens is 2. The number of pyridine rings is 1. The Balaban J connectivity index is 1.52. The number of nitrogens with two attached hydrogens (primary N) is 1. The van der Waals surface area contributed by atoms with Crippen LogP contribution in [0.15, 0.2) is 36.5 Å². The van der Waals surface area contributed by atoms with Gasteiger partial charge in [-0.1, -0.05) is 11.6 Å². The minimum absolute atomic E-state index is 0.154. The van der Waals surface area contributed by atoms with Crippen molar-refractivity contribution in [3.8, 4) is 5.75 Å². The number of hydrogen-bond acceptors (Lipinski definition) is 4. The Bertz CT molecular complexity index is 834. The summed E-state index contributed by atoms with van der Waals surface area (Å²) in [5.41, 5.74) is 5.62. The third-order valence-electron chi connectivity index (χ3n) is 4.48. The number of rotatable bonds is 5. The summed E-state index contributed by atoms with van der Waals surface area (Å²) in [5.74, 6) is -0.551. The Morgan fingerprint density at radius 1 is 1.26 bits per heavy atom. The number of aromatic nitrogens is 1. The van der Waals surface area contributed by atoms with Crippen LogP contribution in [0.3, 0.4) is 0 Å². The van der Waals surface area contributed by atoms with Crippen molar-refractivity contribution in [2.45, 2.75) is 12.8 Å². The SMILES string of the molecule is NC(=O)c1cc(OCC2CCN(C(=O)c3cc(F)cc(Cl)c3)CC2)ccn1. The van der Waals surface area contributed by atoms with Crippen LogP contribution in [0.5, 0.6) is 5.75 Å². The molecule has 2 heterocycles. The molecule has 0 radical (unpaired) electrons. The van der Waals surface area contributed by atoms with E-state index >= 15 is 0 Å². The molecular formula is C19H19ClFN3O3. The molecule has 0 unspecified atom stereocenters. The third-order valence-corrected chi connectivity index (χ3v) is 4.70. The van der Waals surface area contributed by atoms with E-state index in [4.69, 9.17) is 22.1 Å². The lowest BCUT2D eigenvalue weighted by Gasteiger charge is -2.32. The summed E-state index contributed by atoms with van der Waals surface area (Å²) in [6, 6.07) is 7.02. The normalized spacial score (nSPS) is 14.8. The number of nitrogens with zero attached hydrogens (tertiary/aromatic N) is 2. The van der Waals surface area contributed by atoms with Crippen LogP contribution in [-0.4, -0.2) is 41.4 Å². The summed E-state index contributed by atoms with van der Waals surface area (Å²) in [6.07, 6.45) is 3.01. The summed E-state index contributed by atoms with van der Waals surface area (Å²) < 4.78 is 19.2. The van der Waals surface area contributed by atoms with E-state index in [-0.39, 0.29) is 28.1 Å². The number of carbonyl (C=O) groups excluding carboxylic acids is 2. The van der Waals surface area contributed by atoms with Gasteiger partial charge >= 0.3 is 0 Å². The van der Waals surface area contributed by atoms with Crippen molar-refractivity contribution >= 4 is 23.4 Å². The van der Waals surface area contributed by atoms with E-state index in [0.29, 0.717) is 25.4 Å². The zero-order chi connectivity index (χ0) is 19.4. The van der Waals surface area contributed by atoms with Gasteiger partial charge in [0.2, 0.25) is 0 Å². The monoisotopic (exact) mass is 391 g/mol. The first-order chi connectivity index (χ1) is 12.9. The van der Waals surface area contributed by atoms with Crippen LogP contribution in [0.25, 0.3) is 0 Å². The maximum absolute atomic E-state index is 13.5. The molecule has 1 aromatic heterocycles. The lowest BCUT2D eigenvalue weighted by atomic mass is 9.97. The molecule has 1 aliphatic rings. The lowest BCUT2D eigenvalue weighted by Crippen LogP contribution is -2.39. The summed E-state index contributed by atoms with van der Waals surface area (Å²) in [5, 5.41) is 0.203. The van der Waals surface area contributed by atoms with Crippen LogP contribution in [0.4, 0.5) is 4.39 Å². The van der Waals surface area contributed by atoms with Crippen molar-refractivity contribution in [2.75, 3.05) is 19.7 Å². The molecule has 8 heteroatoms. The summed E-state index contributed by atoms with van der Waals surface area (Å²) >= 11 is 5.83. The predicted molar refractivity (Wildman–Crippen MR) is 98.3 cm³/mol. The summed E-state index contributed by atoms with van der Waals surface area (Å²) in [6.45, 7) is 1.59. The molecule has 1 saturated heterocycles. The van der Waals surface area contributed by atoms with E-state index in [1.807, 2.05) is 0 Å². The number of hydrogen-bond donors (Lipinski definition) is 1. The Labute approximate surface area is 161 Å². The highest BCUT2D eigenvalue weighted by Crippen LogP contribution is 2.22. The van der Waals surface area contributed by atoms with Gasteiger partial charge in [0.15, 0.2) is 0 Å². The Kier molecular flexibility index (Phi) is 5.91. The van der Waals surface area contributed by atoms with E-state index < -0.39 is 11.7 Å². The molecular weight excluding hydrogens is 373 g/mol. The van der Waals surface area contributed by atoms with Crippen LogP contribution in [0.2, 0.25) is 5.02 Å². The minimum atomic E-state index is -0.607. The topological polar surface area (TPSA) is 85.5 Å². The van der Waals surface area contributed by atoms with Gasteiger partial charge in [0.1, 0.15) is 17.3 Å². The van der Waals surface area contributed by atoms with Crippen molar-refractivity contribution < 1.29 is 18.7 Å². The lowest BCUT2D eigenvalue weighted by molar-refractivity contribution is 0.0660. The number of primary amides is 1. The van der Waals surface area contributed by atoms with Crippen molar-refractivity contribution in [3.63, 3.8) is 0 Å². The van der Waals surface area contributed by atoms with Crippen molar-refractivity contribution in [1.82, 2.24) is 9.88 Å². The fourth-order valence-corrected chi connectivity index (χ4v) is 3.23. The van der Waals surface area contributed by atoms with E-state index in [9.17, 15) is 14.0 Å². The average molecular weight is 392 g/mol. The molecule has 2 amide bonds. The van der Waals surface area contributed by atoms with Gasteiger partial charge in [-0.25, -0.2) is 4.39 Å². The minimum Gasteiger partial charge on any atom is -0.493 e. The fraction of sp³-hybridized carbons (Fsp3) is 0.316. The quantitative estimate of drug-likeness (QED) is 0.849. The zero-order valence-electron chi connectivity index (χ0n) is 14.5. The maximum atomic E-state index is 13.5. The van der Waals surface area contributed by atoms with Gasteiger partial charge in [-0.2, -0.15) is 0 Å². The highest BCUT2D eigenvalue weighted by atomic mass is 35.5. The fourth-order valence-electron chi connectivity index (χ4n) is 3.01. The van der Waals surface area contributed by atoms with Crippen LogP contribution in [0, 0.1) is 11.7 Å². The molecule has 1 aromatic carbocycles. The molecule has 27 heavy (non-hydrogen) atoms. The molecule has 3 rings (SSSR count). The summed E-state index contributed by atoms with van der Waals surface area (Å²) in [4.78, 5) is 29.2. The largest absolute Gasteiger partial charge is 0.493 e. The highest BCUT2D eigenvalue weighted by molar-refractivity contribution is 6.31. The predicted octanol–water partition coefficient (Wildman–Crippen LogP) is 2.90. The molecule has 0 aliphatic carbocycles. The first kappa shape index (κ1) is 19.1. The molecule has 1 aliphatic heterocycles. The van der Waals surface area contributed by atoms with Crippen LogP contribution < -0.4 is 10.5 Å². The van der Waals surface area contributed by atoms with E-state index in [2.05, 4.69) is 4.98 Å². The van der Waals surface area contributed by atoms with Gasteiger partial charge in [-0.05, 0) is 43.0 Å². The van der Waals surface area contributed by atoms with Gasteiger partial charge in [0, 0.05) is 35.9 Å². The molecule has 2 aromatic rings. The van der Waals surface area contributed by atoms with Crippen molar-refractivity contribution in [3.05, 3.63) is 58.6 Å². The molecule has 2 N–H and O–H groups in total. The number of likely N-dealkylation sites (tertiary alicyclic amines) is 1. The number of piperidine rings is 1. The second-order valence-electron chi connectivity index (χ2n) is 6.45. The molecule has 0 spiro atoms. The smallest absolute Gasteiger partial charge is 0.267 e. The first-order valence-corrected chi connectivity index (χ1v) is 8.94. The molecule has 0 bridgehead atoms. The van der Waals surface area contributed by atoms with Crippen LogP contribution >= 0.6 is 11.6 Å². The summed E-state index contributed by atoms with van der Waals surface area (Å²) in [7, 11) is 0. The van der Waals surface area contributed by atoms with Gasteiger partial charge in [-0.3, -0.25) is 14.6 Å².